The molecule has 0 bridgehead atoms. The molecule has 1 amide bonds. The Morgan fingerprint density at radius 1 is 0.829 bits per heavy atom. The van der Waals surface area contributed by atoms with Crippen molar-refractivity contribution in [2.24, 2.45) is 0 Å². The molecule has 4 rings (SSSR count). The minimum absolute atomic E-state index is 0.0149. The summed E-state index contributed by atoms with van der Waals surface area (Å²) in [5.74, 6) is -3.27. The number of anilines is 1. The molecule has 10 heteroatoms. The summed E-state index contributed by atoms with van der Waals surface area (Å²) in [6.45, 7) is 1.79. The van der Waals surface area contributed by atoms with Crippen LogP contribution in [0.25, 0.3) is 10.8 Å². The fourth-order valence-electron chi connectivity index (χ4n) is 3.39. The summed E-state index contributed by atoms with van der Waals surface area (Å²) in [5, 5.41) is 1.04. The van der Waals surface area contributed by atoms with Gasteiger partial charge in [0.15, 0.2) is 5.75 Å². The van der Waals surface area contributed by atoms with E-state index >= 15 is 0 Å². The number of carbonyl (C=O) groups excluding carboxylic acids is 2. The molecule has 0 N–H and O–H groups in total. The molecule has 0 atom stereocenters. The van der Waals surface area contributed by atoms with Gasteiger partial charge in [0.25, 0.3) is 10.0 Å². The van der Waals surface area contributed by atoms with Gasteiger partial charge < -0.3 is 4.74 Å². The Kier molecular flexibility index (Phi) is 7.05. The molecule has 0 spiro atoms. The number of hydrogen-bond donors (Lipinski definition) is 0. The van der Waals surface area contributed by atoms with Crippen LogP contribution < -0.4 is 9.04 Å². The Morgan fingerprint density at radius 3 is 2.09 bits per heavy atom. The van der Waals surface area contributed by atoms with E-state index in [2.05, 4.69) is 0 Å². The topological polar surface area (TPSA) is 80.8 Å². The molecule has 0 unspecified atom stereocenters. The maximum atomic E-state index is 13.7. The standard InChI is InChI=1S/C25H16Cl3NO5S/c1-15-9-11-18(12-10-15)35(32,33)29(22-8-4-6-16-5-2-3-7-19(16)22)24(30)25(31)34-23-20(27)13-17(26)14-21(23)28/h2-14H,1H3. The van der Waals surface area contributed by atoms with Crippen LogP contribution in [0.3, 0.4) is 0 Å². The lowest BCUT2D eigenvalue weighted by Gasteiger charge is -2.23. The summed E-state index contributed by atoms with van der Waals surface area (Å²) < 4.78 is 33.0. The molecular weight excluding hydrogens is 533 g/mol. The first-order valence-corrected chi connectivity index (χ1v) is 12.7. The predicted molar refractivity (Wildman–Crippen MR) is 137 cm³/mol. The van der Waals surface area contributed by atoms with Gasteiger partial charge in [-0.3, -0.25) is 4.79 Å². The lowest BCUT2D eigenvalue weighted by molar-refractivity contribution is -0.146. The Balaban J connectivity index is 1.85. The highest BCUT2D eigenvalue weighted by molar-refractivity contribution is 7.93. The number of carbonyl (C=O) groups is 2. The van der Waals surface area contributed by atoms with Crippen molar-refractivity contribution in [3.8, 4) is 5.75 Å². The molecule has 4 aromatic carbocycles. The molecule has 0 aromatic heterocycles. The molecule has 0 saturated heterocycles. The number of ether oxygens (including phenoxy) is 1. The van der Waals surface area contributed by atoms with Crippen molar-refractivity contribution in [1.29, 1.82) is 0 Å². The van der Waals surface area contributed by atoms with Gasteiger partial charge in [0.1, 0.15) is 0 Å². The van der Waals surface area contributed by atoms with E-state index in [4.69, 9.17) is 39.5 Å². The molecule has 0 saturated carbocycles. The van der Waals surface area contributed by atoms with E-state index < -0.39 is 21.9 Å². The van der Waals surface area contributed by atoms with Crippen molar-refractivity contribution < 1.29 is 22.7 Å². The Labute approximate surface area is 216 Å². The van der Waals surface area contributed by atoms with Crippen LogP contribution in [0.1, 0.15) is 5.56 Å². The highest BCUT2D eigenvalue weighted by atomic mass is 35.5. The predicted octanol–water partition coefficient (Wildman–Crippen LogP) is 6.44. The third-order valence-corrected chi connectivity index (χ3v) is 7.55. The van der Waals surface area contributed by atoms with Crippen molar-refractivity contribution >= 4 is 73.2 Å². The lowest BCUT2D eigenvalue weighted by Crippen LogP contribution is -2.43. The summed E-state index contributed by atoms with van der Waals surface area (Å²) >= 11 is 18.0. The number of benzene rings is 4. The van der Waals surface area contributed by atoms with E-state index in [-0.39, 0.29) is 31.4 Å². The molecule has 0 aliphatic rings. The quantitative estimate of drug-likeness (QED) is 0.167. The van der Waals surface area contributed by atoms with E-state index in [1.54, 1.807) is 55.5 Å². The third kappa shape index (κ3) is 4.99. The maximum absolute atomic E-state index is 13.7. The minimum atomic E-state index is -4.53. The summed E-state index contributed by atoms with van der Waals surface area (Å²) in [5.41, 5.74) is 0.803. The van der Waals surface area contributed by atoms with E-state index in [0.717, 1.165) is 5.56 Å². The number of halogens is 3. The molecule has 0 radical (unpaired) electrons. The normalized spacial score (nSPS) is 11.3. The summed E-state index contributed by atoms with van der Waals surface area (Å²) in [6.07, 6.45) is 0. The smallest absolute Gasteiger partial charge is 0.403 e. The average Bonchev–Trinajstić information content (AvgIpc) is 2.81. The van der Waals surface area contributed by atoms with Crippen LogP contribution in [0.15, 0.2) is 83.8 Å². The van der Waals surface area contributed by atoms with Gasteiger partial charge in [0.2, 0.25) is 0 Å². The maximum Gasteiger partial charge on any atom is 0.403 e. The summed E-state index contributed by atoms with van der Waals surface area (Å²) in [7, 11) is -4.53. The van der Waals surface area contributed by atoms with E-state index in [1.165, 1.54) is 30.3 Å². The zero-order chi connectivity index (χ0) is 25.3. The third-order valence-electron chi connectivity index (χ3n) is 5.06. The largest absolute Gasteiger partial charge is 0.416 e. The molecular formula is C25H16Cl3NO5S. The zero-order valence-electron chi connectivity index (χ0n) is 18.0. The van der Waals surface area contributed by atoms with E-state index in [1.807, 2.05) is 0 Å². The highest BCUT2D eigenvalue weighted by Gasteiger charge is 2.37. The zero-order valence-corrected chi connectivity index (χ0v) is 21.1. The van der Waals surface area contributed by atoms with Crippen LogP contribution in [0, 0.1) is 6.92 Å². The molecule has 35 heavy (non-hydrogen) atoms. The first-order chi connectivity index (χ1) is 16.6. The average molecular weight is 549 g/mol. The summed E-state index contributed by atoms with van der Waals surface area (Å²) in [6, 6.07) is 20.1. The molecule has 4 aromatic rings. The van der Waals surface area contributed by atoms with Crippen molar-refractivity contribution in [2.75, 3.05) is 4.31 Å². The fraction of sp³-hybridized carbons (Fsp3) is 0.0400. The second-order valence-electron chi connectivity index (χ2n) is 7.47. The van der Waals surface area contributed by atoms with Crippen LogP contribution in [-0.2, 0) is 19.6 Å². The van der Waals surface area contributed by atoms with Crippen molar-refractivity contribution in [3.63, 3.8) is 0 Å². The number of fused-ring (bicyclic) bond motifs is 1. The SMILES string of the molecule is Cc1ccc(S(=O)(=O)N(C(=O)C(=O)Oc2c(Cl)cc(Cl)cc2Cl)c2cccc3ccccc23)cc1. The van der Waals surface area contributed by atoms with Crippen LogP contribution in [0.5, 0.6) is 5.75 Å². The molecule has 0 aliphatic heterocycles. The first kappa shape index (κ1) is 25.0. The second kappa shape index (κ2) is 9.87. The van der Waals surface area contributed by atoms with Gasteiger partial charge in [-0.15, -0.1) is 0 Å². The highest BCUT2D eigenvalue weighted by Crippen LogP contribution is 2.37. The van der Waals surface area contributed by atoms with Crippen molar-refractivity contribution in [1.82, 2.24) is 0 Å². The molecule has 0 aliphatic carbocycles. The van der Waals surface area contributed by atoms with Crippen LogP contribution in [0.2, 0.25) is 15.1 Å². The molecule has 6 nitrogen and oxygen atoms in total. The Morgan fingerprint density at radius 2 is 1.43 bits per heavy atom. The minimum Gasteiger partial charge on any atom is -0.416 e. The molecule has 0 fully saturated rings. The molecule has 178 valence electrons. The molecule has 0 heterocycles. The van der Waals surface area contributed by atoms with Gasteiger partial charge in [0, 0.05) is 10.4 Å². The van der Waals surface area contributed by atoms with E-state index in [0.29, 0.717) is 15.1 Å². The fourth-order valence-corrected chi connectivity index (χ4v) is 5.69. The van der Waals surface area contributed by atoms with Gasteiger partial charge in [0.05, 0.1) is 20.6 Å². The van der Waals surface area contributed by atoms with Crippen LogP contribution >= 0.6 is 34.8 Å². The van der Waals surface area contributed by atoms with Gasteiger partial charge in [-0.1, -0.05) is 88.9 Å². The lowest BCUT2D eigenvalue weighted by atomic mass is 10.1. The number of esters is 1. The van der Waals surface area contributed by atoms with Gasteiger partial charge in [-0.05, 0) is 42.6 Å². The Hall–Kier alpha value is -3.10. The van der Waals surface area contributed by atoms with Gasteiger partial charge in [-0.2, -0.15) is 4.31 Å². The van der Waals surface area contributed by atoms with Crippen molar-refractivity contribution in [2.45, 2.75) is 11.8 Å². The van der Waals surface area contributed by atoms with Gasteiger partial charge >= 0.3 is 11.9 Å². The summed E-state index contributed by atoms with van der Waals surface area (Å²) in [4.78, 5) is 26.2. The number of nitrogens with zero attached hydrogens (tertiary/aromatic N) is 1. The number of hydrogen-bond acceptors (Lipinski definition) is 5. The number of rotatable bonds is 4. The first-order valence-electron chi connectivity index (χ1n) is 10.1. The van der Waals surface area contributed by atoms with Crippen molar-refractivity contribution in [3.05, 3.63) is 99.5 Å². The number of sulfonamides is 1. The number of amides is 1. The number of aryl methyl sites for hydroxylation is 1. The van der Waals surface area contributed by atoms with Crippen LogP contribution in [-0.4, -0.2) is 20.3 Å². The second-order valence-corrected chi connectivity index (χ2v) is 10.5. The van der Waals surface area contributed by atoms with E-state index in [9.17, 15) is 18.0 Å². The van der Waals surface area contributed by atoms with Gasteiger partial charge in [-0.25, -0.2) is 13.2 Å². The monoisotopic (exact) mass is 547 g/mol. The van der Waals surface area contributed by atoms with Crippen LogP contribution in [0.4, 0.5) is 5.69 Å². The Bertz CT molecular complexity index is 1540.